The highest BCUT2D eigenvalue weighted by atomic mass is 16.5. The smallest absolute Gasteiger partial charge is 0.341 e. The first-order valence-electron chi connectivity index (χ1n) is 5.43. The first-order valence-corrected chi connectivity index (χ1v) is 5.43. The molecule has 1 heterocycles. The molecule has 0 spiro atoms. The van der Waals surface area contributed by atoms with Crippen LogP contribution in [0.1, 0.15) is 11.1 Å². The van der Waals surface area contributed by atoms with Crippen molar-refractivity contribution in [3.63, 3.8) is 0 Å². The maximum absolute atomic E-state index is 10.4. The summed E-state index contributed by atoms with van der Waals surface area (Å²) in [4.78, 5) is 10.4. The van der Waals surface area contributed by atoms with Crippen molar-refractivity contribution in [3.05, 3.63) is 29.3 Å². The molecule has 1 aliphatic heterocycles. The van der Waals surface area contributed by atoms with Crippen LogP contribution in [0.4, 0.5) is 0 Å². The summed E-state index contributed by atoms with van der Waals surface area (Å²) in [5.74, 6) is -0.306. The fourth-order valence-corrected chi connectivity index (χ4v) is 1.88. The Kier molecular flexibility index (Phi) is 3.41. The largest absolute Gasteiger partial charge is 0.482 e. The molecule has 0 atom stereocenters. The number of nitrogens with one attached hydrogen (secondary N) is 1. The van der Waals surface area contributed by atoms with Gasteiger partial charge in [-0.15, -0.1) is 0 Å². The standard InChI is InChI=1S/C12H15NO3/c14-12(15)8-16-11-2-1-9-3-5-13-6-4-10(9)7-11/h1-2,7,13H,3-6,8H2,(H,14,15). The first-order chi connectivity index (χ1) is 7.75. The van der Waals surface area contributed by atoms with Gasteiger partial charge in [-0.3, -0.25) is 0 Å². The van der Waals surface area contributed by atoms with Crippen LogP contribution in [0.2, 0.25) is 0 Å². The number of fused-ring (bicyclic) bond motifs is 1. The maximum atomic E-state index is 10.4. The van der Waals surface area contributed by atoms with E-state index >= 15 is 0 Å². The first kappa shape index (κ1) is 11.0. The van der Waals surface area contributed by atoms with Gasteiger partial charge in [0.05, 0.1) is 0 Å². The van der Waals surface area contributed by atoms with Crippen molar-refractivity contribution in [1.29, 1.82) is 0 Å². The Labute approximate surface area is 94.2 Å². The molecular weight excluding hydrogens is 206 g/mol. The lowest BCUT2D eigenvalue weighted by atomic mass is 10.0. The van der Waals surface area contributed by atoms with Gasteiger partial charge in [-0.2, -0.15) is 0 Å². The van der Waals surface area contributed by atoms with Crippen molar-refractivity contribution < 1.29 is 14.6 Å². The summed E-state index contributed by atoms with van der Waals surface area (Å²) in [6.07, 6.45) is 1.99. The van der Waals surface area contributed by atoms with Crippen LogP contribution >= 0.6 is 0 Å². The molecule has 0 saturated carbocycles. The van der Waals surface area contributed by atoms with Crippen LogP contribution in [-0.2, 0) is 17.6 Å². The molecule has 1 aromatic carbocycles. The van der Waals surface area contributed by atoms with Gasteiger partial charge in [0, 0.05) is 0 Å². The molecule has 0 radical (unpaired) electrons. The predicted octanol–water partition coefficient (Wildman–Crippen LogP) is 0.838. The number of hydrogen-bond donors (Lipinski definition) is 2. The summed E-state index contributed by atoms with van der Waals surface area (Å²) in [7, 11) is 0. The van der Waals surface area contributed by atoms with Gasteiger partial charge < -0.3 is 15.2 Å². The average Bonchev–Trinajstić information content (AvgIpc) is 2.50. The topological polar surface area (TPSA) is 58.6 Å². The molecule has 86 valence electrons. The molecule has 16 heavy (non-hydrogen) atoms. The highest BCUT2D eigenvalue weighted by Gasteiger charge is 2.08. The number of rotatable bonds is 3. The molecule has 4 nitrogen and oxygen atoms in total. The Morgan fingerprint density at radius 2 is 2.06 bits per heavy atom. The molecule has 4 heteroatoms. The van der Waals surface area contributed by atoms with Gasteiger partial charge in [0.1, 0.15) is 5.75 Å². The summed E-state index contributed by atoms with van der Waals surface area (Å²) in [5.41, 5.74) is 2.58. The summed E-state index contributed by atoms with van der Waals surface area (Å²) < 4.78 is 5.15. The van der Waals surface area contributed by atoms with Gasteiger partial charge in [0.15, 0.2) is 6.61 Å². The zero-order valence-corrected chi connectivity index (χ0v) is 9.03. The lowest BCUT2D eigenvalue weighted by Gasteiger charge is -2.08. The molecule has 0 saturated heterocycles. The zero-order valence-electron chi connectivity index (χ0n) is 9.03. The summed E-state index contributed by atoms with van der Waals surface area (Å²) in [5, 5.41) is 11.9. The second-order valence-corrected chi connectivity index (χ2v) is 3.86. The van der Waals surface area contributed by atoms with E-state index in [2.05, 4.69) is 5.32 Å². The predicted molar refractivity (Wildman–Crippen MR) is 59.9 cm³/mol. The molecule has 0 fully saturated rings. The van der Waals surface area contributed by atoms with Crippen molar-refractivity contribution in [2.75, 3.05) is 19.7 Å². The molecule has 0 aromatic heterocycles. The number of ether oxygens (including phenoxy) is 1. The Morgan fingerprint density at radius 3 is 2.81 bits per heavy atom. The van der Waals surface area contributed by atoms with E-state index in [4.69, 9.17) is 9.84 Å². The average molecular weight is 221 g/mol. The van der Waals surface area contributed by atoms with E-state index in [-0.39, 0.29) is 6.61 Å². The minimum Gasteiger partial charge on any atom is -0.482 e. The monoisotopic (exact) mass is 221 g/mol. The van der Waals surface area contributed by atoms with Gasteiger partial charge in [0.2, 0.25) is 0 Å². The quantitative estimate of drug-likeness (QED) is 0.794. The number of benzene rings is 1. The number of carboxylic acid groups (broad SMARTS) is 1. The fraction of sp³-hybridized carbons (Fsp3) is 0.417. The number of carbonyl (C=O) groups is 1. The summed E-state index contributed by atoms with van der Waals surface area (Å²) >= 11 is 0. The molecular formula is C12H15NO3. The molecule has 0 bridgehead atoms. The molecule has 0 amide bonds. The second kappa shape index (κ2) is 4.99. The van der Waals surface area contributed by atoms with Gasteiger partial charge in [-0.25, -0.2) is 4.79 Å². The van der Waals surface area contributed by atoms with Gasteiger partial charge in [0.25, 0.3) is 0 Å². The van der Waals surface area contributed by atoms with Gasteiger partial charge in [-0.1, -0.05) is 6.07 Å². The van der Waals surface area contributed by atoms with E-state index in [1.807, 2.05) is 18.2 Å². The third-order valence-electron chi connectivity index (χ3n) is 2.68. The van der Waals surface area contributed by atoms with E-state index < -0.39 is 5.97 Å². The Balaban J connectivity index is 2.11. The van der Waals surface area contributed by atoms with Gasteiger partial charge >= 0.3 is 5.97 Å². The lowest BCUT2D eigenvalue weighted by molar-refractivity contribution is -0.139. The maximum Gasteiger partial charge on any atom is 0.341 e. The lowest BCUT2D eigenvalue weighted by Crippen LogP contribution is -2.16. The van der Waals surface area contributed by atoms with Crippen molar-refractivity contribution in [1.82, 2.24) is 5.32 Å². The normalized spacial score (nSPS) is 15.0. The fourth-order valence-electron chi connectivity index (χ4n) is 1.88. The van der Waals surface area contributed by atoms with Crippen LogP contribution < -0.4 is 10.1 Å². The van der Waals surface area contributed by atoms with E-state index in [0.717, 1.165) is 25.9 Å². The van der Waals surface area contributed by atoms with Crippen LogP contribution in [0.3, 0.4) is 0 Å². The molecule has 1 aromatic rings. The van der Waals surface area contributed by atoms with E-state index in [1.165, 1.54) is 11.1 Å². The molecule has 2 rings (SSSR count). The highest BCUT2D eigenvalue weighted by Crippen LogP contribution is 2.20. The van der Waals surface area contributed by atoms with Crippen LogP contribution in [0.25, 0.3) is 0 Å². The molecule has 1 aliphatic rings. The van der Waals surface area contributed by atoms with Crippen molar-refractivity contribution in [2.24, 2.45) is 0 Å². The summed E-state index contributed by atoms with van der Waals surface area (Å²) in [6.45, 7) is 1.69. The van der Waals surface area contributed by atoms with E-state index in [1.54, 1.807) is 0 Å². The van der Waals surface area contributed by atoms with Crippen molar-refractivity contribution in [3.8, 4) is 5.75 Å². The minimum absolute atomic E-state index is 0.281. The Hall–Kier alpha value is -1.55. The molecule has 0 aliphatic carbocycles. The van der Waals surface area contributed by atoms with Crippen LogP contribution in [0.5, 0.6) is 5.75 Å². The number of aliphatic carboxylic acids is 1. The Morgan fingerprint density at radius 1 is 1.31 bits per heavy atom. The van der Waals surface area contributed by atoms with E-state index in [9.17, 15) is 4.79 Å². The number of hydrogen-bond acceptors (Lipinski definition) is 3. The van der Waals surface area contributed by atoms with Crippen molar-refractivity contribution in [2.45, 2.75) is 12.8 Å². The third kappa shape index (κ3) is 2.73. The van der Waals surface area contributed by atoms with Gasteiger partial charge in [-0.05, 0) is 49.2 Å². The third-order valence-corrected chi connectivity index (χ3v) is 2.68. The number of carboxylic acids is 1. The second-order valence-electron chi connectivity index (χ2n) is 3.86. The van der Waals surface area contributed by atoms with Crippen molar-refractivity contribution >= 4 is 5.97 Å². The van der Waals surface area contributed by atoms with E-state index in [0.29, 0.717) is 5.75 Å². The van der Waals surface area contributed by atoms with Crippen LogP contribution in [0.15, 0.2) is 18.2 Å². The molecule has 0 unspecified atom stereocenters. The Bertz CT molecular complexity index is 390. The van der Waals surface area contributed by atoms with Crippen LogP contribution in [0, 0.1) is 0 Å². The zero-order chi connectivity index (χ0) is 11.4. The summed E-state index contributed by atoms with van der Waals surface area (Å²) in [6, 6.07) is 5.82. The minimum atomic E-state index is -0.948. The SMILES string of the molecule is O=C(O)COc1ccc2c(c1)CCNCC2. The highest BCUT2D eigenvalue weighted by molar-refractivity contribution is 5.68. The van der Waals surface area contributed by atoms with Crippen LogP contribution in [-0.4, -0.2) is 30.8 Å². The molecule has 2 N–H and O–H groups in total.